The van der Waals surface area contributed by atoms with Gasteiger partial charge in [-0.25, -0.2) is 19.6 Å². The lowest BCUT2D eigenvalue weighted by Gasteiger charge is -2.24. The van der Waals surface area contributed by atoms with Crippen LogP contribution in [0.2, 0.25) is 0 Å². The van der Waals surface area contributed by atoms with Crippen LogP contribution in [-0.4, -0.2) is 131 Å². The molecule has 0 bridgehead atoms. The number of fused-ring (bicyclic) bond motifs is 1. The van der Waals surface area contributed by atoms with Crippen molar-refractivity contribution in [2.45, 2.75) is 76.2 Å². The minimum Gasteiger partial charge on any atom is -0.481 e. The van der Waals surface area contributed by atoms with Gasteiger partial charge in [-0.1, -0.05) is 21.6 Å². The number of nitrogens with zero attached hydrogens (tertiary/aromatic N) is 3. The van der Waals surface area contributed by atoms with Crippen LogP contribution in [0.3, 0.4) is 0 Å². The van der Waals surface area contributed by atoms with Crippen LogP contribution in [0.5, 0.6) is 0 Å². The molecule has 4 amide bonds. The average Bonchev–Trinajstić information content (AvgIpc) is 3.21. The quantitative estimate of drug-likeness (QED) is 0.0179. The molecule has 340 valence electrons. The van der Waals surface area contributed by atoms with E-state index in [1.165, 1.54) is 48.2 Å². The number of hydrogen-bond donors (Lipinski definition) is 13. The molecule has 1 aromatic carbocycles. The van der Waals surface area contributed by atoms with E-state index in [0.717, 1.165) is 10.8 Å². The lowest BCUT2D eigenvalue weighted by molar-refractivity contribution is -0.143. The monoisotopic (exact) mass is 917 g/mol. The summed E-state index contributed by atoms with van der Waals surface area (Å²) in [6.45, 7) is 1.60. The van der Waals surface area contributed by atoms with E-state index in [1.54, 1.807) is 0 Å². The van der Waals surface area contributed by atoms with Gasteiger partial charge in [-0.05, 0) is 50.5 Å². The number of aromatic amines is 1. The van der Waals surface area contributed by atoms with Crippen molar-refractivity contribution in [1.29, 1.82) is 5.41 Å². The van der Waals surface area contributed by atoms with Crippen LogP contribution in [0, 0.1) is 5.41 Å². The smallest absolute Gasteiger partial charge is 0.327 e. The molecule has 0 radical (unpaired) electrons. The number of nitrogen functional groups attached to an aromatic ring is 1. The van der Waals surface area contributed by atoms with Gasteiger partial charge >= 0.3 is 17.9 Å². The van der Waals surface area contributed by atoms with E-state index >= 15 is 0 Å². The Balaban J connectivity index is 1.62. The van der Waals surface area contributed by atoms with Gasteiger partial charge in [-0.15, -0.1) is 0 Å². The third-order valence-electron chi connectivity index (χ3n) is 8.49. The highest BCUT2D eigenvalue weighted by atomic mass is 33.1. The lowest BCUT2D eigenvalue weighted by Crippen LogP contribution is -2.56. The number of nitrogens with two attached hydrogens (primary N) is 2. The lowest BCUT2D eigenvalue weighted by atomic mass is 10.1. The number of benzene rings is 1. The Bertz CT molecular complexity index is 2230. The van der Waals surface area contributed by atoms with Gasteiger partial charge in [-0.3, -0.25) is 44.0 Å². The van der Waals surface area contributed by atoms with E-state index < -0.39 is 90.5 Å². The molecule has 3 rings (SSSR count). The molecule has 2 aromatic heterocycles. The van der Waals surface area contributed by atoms with E-state index in [-0.39, 0.29) is 72.5 Å². The molecule has 0 fully saturated rings. The number of carbonyl (C=O) groups excluding carboxylic acids is 5. The number of hydrogen-bond acceptors (Lipinski definition) is 17. The number of carboxylic acid groups (broad SMARTS) is 3. The van der Waals surface area contributed by atoms with Gasteiger partial charge in [0.2, 0.25) is 23.7 Å². The SMILES string of the molecule is CC(=O)CCSSC[C@H](NC(=O)[C@H](CC(=O)O)NC(=O)[C@H](CCCNC(=N)N)NC(=O)CC[C@H](NC(=O)c1ccc(NCc2cnc3nc(N)[nH]c(=O)c3n2)cc1)C(=O)O)C(=O)O. The van der Waals surface area contributed by atoms with Gasteiger partial charge in [0.25, 0.3) is 11.5 Å². The number of H-pyrrole nitrogens is 1. The standard InChI is InChI=1S/C36H47N13O12S2/c1-17(50)10-12-62-63-16-24(34(60)61)47-31(56)23(13-26(52)53)46-30(55)21(3-2-11-40-35(37)38)44-25(51)9-8-22(33(58)59)45-29(54)18-4-6-19(7-5-18)41-14-20-15-42-28-27(43-20)32(57)49-36(39)48-28/h4-7,15,21-24,41H,2-3,8-14,16H2,1H3,(H,44,51)(H,45,54)(H,46,55)(H,47,56)(H,52,53)(H,58,59)(H,60,61)(H4,37,38,40)(H3,39,42,48,49,57)/t21-,22-,23-,24-/m0/s1. The molecule has 0 aliphatic carbocycles. The summed E-state index contributed by atoms with van der Waals surface area (Å²) in [6, 6.07) is -0.395. The molecule has 0 saturated carbocycles. The van der Waals surface area contributed by atoms with Crippen molar-refractivity contribution >= 4 is 97.7 Å². The first kappa shape index (κ1) is 50.3. The Morgan fingerprint density at radius 1 is 0.841 bits per heavy atom. The van der Waals surface area contributed by atoms with Crippen molar-refractivity contribution in [2.24, 2.45) is 5.73 Å². The van der Waals surface area contributed by atoms with Gasteiger partial charge in [-0.2, -0.15) is 4.98 Å². The molecule has 15 N–H and O–H groups in total. The van der Waals surface area contributed by atoms with Crippen LogP contribution in [0.15, 0.2) is 35.3 Å². The van der Waals surface area contributed by atoms with Crippen molar-refractivity contribution in [2.75, 3.05) is 29.1 Å². The largest absolute Gasteiger partial charge is 0.481 e. The molecule has 2 heterocycles. The number of ketones is 1. The van der Waals surface area contributed by atoms with Crippen molar-refractivity contribution in [1.82, 2.24) is 46.5 Å². The second-order valence-corrected chi connectivity index (χ2v) is 16.2. The van der Waals surface area contributed by atoms with Crippen molar-refractivity contribution < 1.29 is 53.7 Å². The van der Waals surface area contributed by atoms with Crippen LogP contribution >= 0.6 is 21.6 Å². The van der Waals surface area contributed by atoms with Crippen LogP contribution in [0.1, 0.15) is 61.5 Å². The Kier molecular flexibility index (Phi) is 20.0. The number of guanidine groups is 1. The zero-order valence-electron chi connectivity index (χ0n) is 33.6. The highest BCUT2D eigenvalue weighted by Gasteiger charge is 2.31. The summed E-state index contributed by atoms with van der Waals surface area (Å²) in [5.74, 6) is -8.55. The number of carbonyl (C=O) groups is 8. The summed E-state index contributed by atoms with van der Waals surface area (Å²) in [4.78, 5) is 126. The van der Waals surface area contributed by atoms with Gasteiger partial charge in [0, 0.05) is 42.1 Å². The third kappa shape index (κ3) is 17.8. The predicted octanol–water partition coefficient (Wildman–Crippen LogP) is -1.49. The predicted molar refractivity (Wildman–Crippen MR) is 229 cm³/mol. The summed E-state index contributed by atoms with van der Waals surface area (Å²) < 4.78 is 0. The molecule has 3 aromatic rings. The number of Topliss-reactive ketones (excluding diaryl/α,β-unsaturated/α-hetero) is 1. The Morgan fingerprint density at radius 2 is 1.51 bits per heavy atom. The average molecular weight is 918 g/mol. The highest BCUT2D eigenvalue weighted by Crippen LogP contribution is 2.23. The van der Waals surface area contributed by atoms with E-state index in [1.807, 2.05) is 0 Å². The van der Waals surface area contributed by atoms with E-state index in [4.69, 9.17) is 16.9 Å². The van der Waals surface area contributed by atoms with Crippen molar-refractivity contribution in [3.63, 3.8) is 0 Å². The first-order valence-electron chi connectivity index (χ1n) is 18.9. The van der Waals surface area contributed by atoms with Gasteiger partial charge in [0.1, 0.15) is 30.0 Å². The Morgan fingerprint density at radius 3 is 2.14 bits per heavy atom. The number of nitrogens with one attached hydrogen (secondary N) is 8. The Hall–Kier alpha value is -7.03. The van der Waals surface area contributed by atoms with E-state index in [9.17, 15) is 58.5 Å². The highest BCUT2D eigenvalue weighted by molar-refractivity contribution is 8.76. The topological polar surface area (TPSA) is 417 Å². The zero-order valence-corrected chi connectivity index (χ0v) is 35.2. The number of anilines is 2. The number of aliphatic carboxylic acids is 3. The van der Waals surface area contributed by atoms with Gasteiger partial charge in [0.15, 0.2) is 17.1 Å². The fourth-order valence-corrected chi connectivity index (χ4v) is 7.54. The minimum absolute atomic E-state index is 0.00733. The maximum Gasteiger partial charge on any atom is 0.327 e. The number of carboxylic acids is 3. The molecule has 0 spiro atoms. The summed E-state index contributed by atoms with van der Waals surface area (Å²) in [5.41, 5.74) is 11.3. The molecule has 0 saturated heterocycles. The van der Waals surface area contributed by atoms with Crippen LogP contribution in [0.25, 0.3) is 11.2 Å². The first-order chi connectivity index (χ1) is 29.8. The summed E-state index contributed by atoms with van der Waals surface area (Å²) >= 11 is 0. The number of amides is 4. The normalized spacial score (nSPS) is 12.7. The van der Waals surface area contributed by atoms with Crippen molar-refractivity contribution in [3.8, 4) is 0 Å². The molecular formula is C36H47N13O12S2. The van der Waals surface area contributed by atoms with E-state index in [2.05, 4.69) is 51.8 Å². The Labute approximate surface area is 365 Å². The first-order valence-corrected chi connectivity index (χ1v) is 21.4. The van der Waals surface area contributed by atoms with Crippen LogP contribution < -0.4 is 48.9 Å². The zero-order chi connectivity index (χ0) is 46.6. The molecule has 0 aliphatic heterocycles. The summed E-state index contributed by atoms with van der Waals surface area (Å²) in [5, 5.41) is 51.0. The molecule has 27 heteroatoms. The second kappa shape index (κ2) is 25.0. The third-order valence-corrected chi connectivity index (χ3v) is 10.9. The minimum atomic E-state index is -1.79. The molecule has 4 atom stereocenters. The molecular weight excluding hydrogens is 871 g/mol. The number of rotatable bonds is 27. The number of aromatic nitrogens is 4. The van der Waals surface area contributed by atoms with Crippen molar-refractivity contribution in [3.05, 3.63) is 52.1 Å². The van der Waals surface area contributed by atoms with Gasteiger partial charge < -0.3 is 58.7 Å². The summed E-state index contributed by atoms with van der Waals surface area (Å²) in [6.07, 6.45) is -0.298. The second-order valence-electron chi connectivity index (χ2n) is 13.5. The van der Waals surface area contributed by atoms with Crippen LogP contribution in [-0.2, 0) is 40.1 Å². The fourth-order valence-electron chi connectivity index (χ4n) is 5.29. The molecule has 0 aliphatic rings. The van der Waals surface area contributed by atoms with E-state index in [0.29, 0.717) is 17.1 Å². The molecule has 25 nitrogen and oxygen atoms in total. The summed E-state index contributed by atoms with van der Waals surface area (Å²) in [7, 11) is 2.26. The van der Waals surface area contributed by atoms with Gasteiger partial charge in [0.05, 0.1) is 24.9 Å². The molecule has 63 heavy (non-hydrogen) atoms. The maximum absolute atomic E-state index is 13.5. The van der Waals surface area contributed by atoms with Crippen LogP contribution in [0.4, 0.5) is 11.6 Å². The molecule has 0 unspecified atom stereocenters. The fraction of sp³-hybridized carbons (Fsp3) is 0.417. The maximum atomic E-state index is 13.5.